The first-order valence-corrected chi connectivity index (χ1v) is 9.03. The van der Waals surface area contributed by atoms with E-state index in [1.807, 2.05) is 24.3 Å². The fourth-order valence-corrected chi connectivity index (χ4v) is 3.66. The molecule has 2 aromatic carbocycles. The molecule has 0 radical (unpaired) electrons. The monoisotopic (exact) mass is 385 g/mol. The minimum absolute atomic E-state index is 0.278. The molecule has 0 amide bonds. The Kier molecular flexibility index (Phi) is 5.40. The van der Waals surface area contributed by atoms with Crippen molar-refractivity contribution in [1.29, 1.82) is 0 Å². The molecule has 0 fully saturated rings. The van der Waals surface area contributed by atoms with Crippen LogP contribution < -0.4 is 23.7 Å². The van der Waals surface area contributed by atoms with Gasteiger partial charge in [0.1, 0.15) is 0 Å². The summed E-state index contributed by atoms with van der Waals surface area (Å²) in [6.45, 7) is 4.22. The van der Waals surface area contributed by atoms with E-state index in [1.54, 1.807) is 35.5 Å². The van der Waals surface area contributed by atoms with Crippen LogP contribution in [0.25, 0.3) is 0 Å². The summed E-state index contributed by atoms with van der Waals surface area (Å²) in [6.07, 6.45) is 0.760. The van der Waals surface area contributed by atoms with E-state index in [9.17, 15) is 0 Å². The highest BCUT2D eigenvalue weighted by Crippen LogP contribution is 2.46. The second-order valence-corrected chi connectivity index (χ2v) is 7.20. The van der Waals surface area contributed by atoms with E-state index in [0.717, 1.165) is 28.8 Å². The van der Waals surface area contributed by atoms with Gasteiger partial charge in [-0.05, 0) is 50.1 Å². The number of hydrogen-bond acceptors (Lipinski definition) is 6. The minimum Gasteiger partial charge on any atom is -0.493 e. The Hall–Kier alpha value is -2.89. The molecule has 1 aliphatic rings. The molecule has 1 aliphatic heterocycles. The fourth-order valence-electron chi connectivity index (χ4n) is 3.66. The number of methoxy groups -OCH3 is 5. The van der Waals surface area contributed by atoms with Gasteiger partial charge in [-0.25, -0.2) is 0 Å². The zero-order valence-electron chi connectivity index (χ0n) is 17.5. The van der Waals surface area contributed by atoms with Gasteiger partial charge in [-0.3, -0.25) is 4.99 Å². The summed E-state index contributed by atoms with van der Waals surface area (Å²) < 4.78 is 27.8. The average Bonchev–Trinajstić information content (AvgIpc) is 2.70. The number of hydrogen-bond donors (Lipinski definition) is 0. The highest BCUT2D eigenvalue weighted by molar-refractivity contribution is 6.17. The molecule has 6 heteroatoms. The van der Waals surface area contributed by atoms with Crippen molar-refractivity contribution in [2.75, 3.05) is 35.5 Å². The maximum absolute atomic E-state index is 5.76. The van der Waals surface area contributed by atoms with Crippen molar-refractivity contribution in [1.82, 2.24) is 0 Å². The van der Waals surface area contributed by atoms with Crippen LogP contribution in [0.4, 0.5) is 0 Å². The second kappa shape index (κ2) is 7.62. The lowest BCUT2D eigenvalue weighted by Crippen LogP contribution is -2.30. The van der Waals surface area contributed by atoms with Gasteiger partial charge in [0.15, 0.2) is 23.0 Å². The van der Waals surface area contributed by atoms with Gasteiger partial charge in [0.05, 0.1) is 46.8 Å². The van der Waals surface area contributed by atoms with Crippen LogP contribution in [0.1, 0.15) is 30.5 Å². The molecule has 28 heavy (non-hydrogen) atoms. The summed E-state index contributed by atoms with van der Waals surface area (Å²) in [5.74, 6) is 3.12. The van der Waals surface area contributed by atoms with Gasteiger partial charge in [-0.15, -0.1) is 0 Å². The second-order valence-electron chi connectivity index (χ2n) is 7.20. The molecule has 2 aromatic rings. The van der Waals surface area contributed by atoms with Crippen molar-refractivity contribution < 1.29 is 23.7 Å². The maximum Gasteiger partial charge on any atom is 0.203 e. The summed E-state index contributed by atoms with van der Waals surface area (Å²) in [5, 5.41) is 0. The van der Waals surface area contributed by atoms with Gasteiger partial charge in [-0.1, -0.05) is 0 Å². The van der Waals surface area contributed by atoms with E-state index in [4.69, 9.17) is 28.7 Å². The Morgan fingerprint density at radius 1 is 0.750 bits per heavy atom. The maximum atomic E-state index is 5.76. The SMILES string of the molecule is COc1ccc(C2=NC(C)(C)Cc3cc(OC)c(OC)c(OC)c32)cc1OC. The third kappa shape index (κ3) is 3.35. The van der Waals surface area contributed by atoms with Crippen LogP contribution in [0, 0.1) is 0 Å². The zero-order valence-corrected chi connectivity index (χ0v) is 17.5. The standard InChI is InChI=1S/C22H27NO5/c1-22(2)12-14-11-17(26-5)20(27-6)21(28-7)18(14)19(23-22)13-8-9-15(24-3)16(10-13)25-4/h8-11H,12H2,1-7H3. The Morgan fingerprint density at radius 2 is 1.39 bits per heavy atom. The topological polar surface area (TPSA) is 58.5 Å². The highest BCUT2D eigenvalue weighted by Gasteiger charge is 2.33. The normalized spacial score (nSPS) is 14.6. The first-order chi connectivity index (χ1) is 13.4. The van der Waals surface area contributed by atoms with Gasteiger partial charge in [0, 0.05) is 11.1 Å². The quantitative estimate of drug-likeness (QED) is 0.755. The summed E-state index contributed by atoms with van der Waals surface area (Å²) in [6, 6.07) is 7.79. The Bertz CT molecular complexity index is 918. The molecule has 0 atom stereocenters. The van der Waals surface area contributed by atoms with Gasteiger partial charge < -0.3 is 23.7 Å². The van der Waals surface area contributed by atoms with Gasteiger partial charge in [-0.2, -0.15) is 0 Å². The van der Waals surface area contributed by atoms with E-state index < -0.39 is 0 Å². The van der Waals surface area contributed by atoms with Crippen LogP contribution in [-0.4, -0.2) is 46.8 Å². The van der Waals surface area contributed by atoms with Crippen LogP contribution in [0.15, 0.2) is 29.3 Å². The van der Waals surface area contributed by atoms with Crippen LogP contribution in [0.5, 0.6) is 28.7 Å². The molecule has 0 bridgehead atoms. The molecule has 0 saturated heterocycles. The predicted molar refractivity (Wildman–Crippen MR) is 109 cm³/mol. The first-order valence-electron chi connectivity index (χ1n) is 9.03. The van der Waals surface area contributed by atoms with Crippen molar-refractivity contribution in [3.63, 3.8) is 0 Å². The van der Waals surface area contributed by atoms with Crippen LogP contribution in [-0.2, 0) is 6.42 Å². The minimum atomic E-state index is -0.278. The molecule has 1 heterocycles. The van der Waals surface area contributed by atoms with Crippen molar-refractivity contribution in [3.8, 4) is 28.7 Å². The molecule has 0 saturated carbocycles. The van der Waals surface area contributed by atoms with Crippen LogP contribution in [0.2, 0.25) is 0 Å². The third-order valence-electron chi connectivity index (χ3n) is 4.84. The Morgan fingerprint density at radius 3 is 1.96 bits per heavy atom. The number of fused-ring (bicyclic) bond motifs is 1. The van der Waals surface area contributed by atoms with E-state index in [1.165, 1.54) is 0 Å². The predicted octanol–water partition coefficient (Wildman–Crippen LogP) is 3.90. The van der Waals surface area contributed by atoms with Crippen LogP contribution in [0.3, 0.4) is 0 Å². The fraction of sp³-hybridized carbons (Fsp3) is 0.409. The van der Waals surface area contributed by atoms with Crippen molar-refractivity contribution >= 4 is 5.71 Å². The summed E-state index contributed by atoms with van der Waals surface area (Å²) in [4.78, 5) is 5.04. The van der Waals surface area contributed by atoms with E-state index in [-0.39, 0.29) is 5.54 Å². The van der Waals surface area contributed by atoms with Gasteiger partial charge in [0.2, 0.25) is 5.75 Å². The van der Waals surface area contributed by atoms with Gasteiger partial charge >= 0.3 is 0 Å². The summed E-state index contributed by atoms with van der Waals surface area (Å²) in [7, 11) is 8.10. The zero-order chi connectivity index (χ0) is 20.5. The summed E-state index contributed by atoms with van der Waals surface area (Å²) in [5.41, 5.74) is 3.47. The van der Waals surface area contributed by atoms with E-state index in [2.05, 4.69) is 13.8 Å². The molecular weight excluding hydrogens is 358 g/mol. The van der Waals surface area contributed by atoms with Gasteiger partial charge in [0.25, 0.3) is 0 Å². The summed E-state index contributed by atoms with van der Waals surface area (Å²) >= 11 is 0. The van der Waals surface area contributed by atoms with E-state index >= 15 is 0 Å². The number of nitrogens with zero attached hydrogens (tertiary/aromatic N) is 1. The molecule has 6 nitrogen and oxygen atoms in total. The molecule has 150 valence electrons. The molecule has 0 aromatic heterocycles. The van der Waals surface area contributed by atoms with Crippen molar-refractivity contribution in [2.45, 2.75) is 25.8 Å². The van der Waals surface area contributed by atoms with Crippen molar-refractivity contribution in [3.05, 3.63) is 41.0 Å². The highest BCUT2D eigenvalue weighted by atomic mass is 16.5. The largest absolute Gasteiger partial charge is 0.493 e. The third-order valence-corrected chi connectivity index (χ3v) is 4.84. The molecule has 0 aliphatic carbocycles. The first kappa shape index (κ1) is 19.9. The lowest BCUT2D eigenvalue weighted by atomic mass is 9.84. The Labute approximate surface area is 166 Å². The Balaban J connectivity index is 2.30. The number of ether oxygens (including phenoxy) is 5. The smallest absolute Gasteiger partial charge is 0.203 e. The lowest BCUT2D eigenvalue weighted by Gasteiger charge is -2.31. The number of rotatable bonds is 6. The molecular formula is C22H27NO5. The molecule has 3 rings (SSSR count). The molecule has 0 N–H and O–H groups in total. The van der Waals surface area contributed by atoms with Crippen LogP contribution >= 0.6 is 0 Å². The average molecular weight is 385 g/mol. The molecule has 0 unspecified atom stereocenters. The van der Waals surface area contributed by atoms with E-state index in [0.29, 0.717) is 28.7 Å². The number of benzene rings is 2. The number of aliphatic imine (C=N–C) groups is 1. The lowest BCUT2D eigenvalue weighted by molar-refractivity contribution is 0.322. The van der Waals surface area contributed by atoms with Crippen molar-refractivity contribution in [2.24, 2.45) is 4.99 Å². The molecule has 0 spiro atoms.